The van der Waals surface area contributed by atoms with Crippen LogP contribution in [0.15, 0.2) is 42.3 Å². The van der Waals surface area contributed by atoms with E-state index in [0.717, 1.165) is 18.1 Å². The Bertz CT molecular complexity index is 505. The topological polar surface area (TPSA) is 30.5 Å². The van der Waals surface area contributed by atoms with E-state index >= 15 is 0 Å². The molecule has 0 aromatic heterocycles. The molecular formula is C15H17NO2. The Labute approximate surface area is 107 Å². The number of nitrogens with one attached hydrogen (secondary N) is 1. The first-order valence-electron chi connectivity index (χ1n) is 6.33. The molecule has 1 aliphatic carbocycles. The first-order valence-corrected chi connectivity index (χ1v) is 6.33. The van der Waals surface area contributed by atoms with Crippen LogP contribution in [0.2, 0.25) is 0 Å². The van der Waals surface area contributed by atoms with Gasteiger partial charge in [0.15, 0.2) is 5.88 Å². The van der Waals surface area contributed by atoms with E-state index in [2.05, 4.69) is 17.4 Å². The van der Waals surface area contributed by atoms with Crippen LogP contribution in [-0.4, -0.2) is 13.3 Å². The van der Waals surface area contributed by atoms with E-state index in [4.69, 9.17) is 9.47 Å². The second kappa shape index (κ2) is 4.86. The van der Waals surface area contributed by atoms with Crippen molar-refractivity contribution >= 4 is 0 Å². The molecule has 1 aromatic carbocycles. The molecule has 94 valence electrons. The lowest BCUT2D eigenvalue weighted by molar-refractivity contribution is 0.107. The minimum absolute atomic E-state index is 0.109. The van der Waals surface area contributed by atoms with E-state index in [0.29, 0.717) is 0 Å². The van der Waals surface area contributed by atoms with Crippen molar-refractivity contribution in [2.75, 3.05) is 7.11 Å². The first kappa shape index (κ1) is 11.4. The van der Waals surface area contributed by atoms with Crippen LogP contribution < -0.4 is 10.1 Å². The summed E-state index contributed by atoms with van der Waals surface area (Å²) in [5.41, 5.74) is 2.77. The number of benzene rings is 1. The zero-order valence-electron chi connectivity index (χ0n) is 10.5. The summed E-state index contributed by atoms with van der Waals surface area (Å²) in [6.07, 6.45) is 9.21. The van der Waals surface area contributed by atoms with Crippen LogP contribution in [-0.2, 0) is 17.6 Å². The molecule has 3 nitrogen and oxygen atoms in total. The van der Waals surface area contributed by atoms with Gasteiger partial charge in [0.1, 0.15) is 12.0 Å². The molecule has 18 heavy (non-hydrogen) atoms. The molecule has 1 aliphatic heterocycles. The summed E-state index contributed by atoms with van der Waals surface area (Å²) in [7, 11) is 1.67. The van der Waals surface area contributed by atoms with Crippen molar-refractivity contribution in [1.82, 2.24) is 5.32 Å². The molecule has 0 radical (unpaired) electrons. The van der Waals surface area contributed by atoms with Crippen molar-refractivity contribution in [2.24, 2.45) is 0 Å². The number of rotatable bonds is 3. The van der Waals surface area contributed by atoms with E-state index in [9.17, 15) is 0 Å². The molecule has 1 unspecified atom stereocenters. The van der Waals surface area contributed by atoms with E-state index in [1.54, 1.807) is 7.11 Å². The molecule has 0 spiro atoms. The van der Waals surface area contributed by atoms with E-state index < -0.39 is 0 Å². The molecule has 0 saturated heterocycles. The number of hydrogen-bond acceptors (Lipinski definition) is 3. The Hall–Kier alpha value is -1.74. The standard InChI is InChI=1S/C15H17NO2/c1-17-14-9-4-10-15(16-14)18-13-8-3-6-11-5-2-7-12(11)13/h3-4,6,8-10,14,16H,2,5,7H2,1H3. The first-order chi connectivity index (χ1) is 8.86. The number of aryl methyl sites for hydroxylation is 1. The van der Waals surface area contributed by atoms with E-state index in [-0.39, 0.29) is 6.23 Å². The van der Waals surface area contributed by atoms with Crippen molar-refractivity contribution in [3.05, 3.63) is 53.4 Å². The van der Waals surface area contributed by atoms with Crippen LogP contribution in [0.1, 0.15) is 17.5 Å². The molecule has 0 saturated carbocycles. The van der Waals surface area contributed by atoms with Gasteiger partial charge in [-0.2, -0.15) is 0 Å². The van der Waals surface area contributed by atoms with Crippen LogP contribution in [0.25, 0.3) is 0 Å². The lowest BCUT2D eigenvalue weighted by Gasteiger charge is -2.21. The van der Waals surface area contributed by atoms with Crippen LogP contribution in [0, 0.1) is 0 Å². The number of allylic oxidation sites excluding steroid dienone is 2. The fourth-order valence-electron chi connectivity index (χ4n) is 2.48. The van der Waals surface area contributed by atoms with Crippen molar-refractivity contribution in [1.29, 1.82) is 0 Å². The van der Waals surface area contributed by atoms with Gasteiger partial charge in [0, 0.05) is 7.11 Å². The Morgan fingerprint density at radius 1 is 1.28 bits per heavy atom. The van der Waals surface area contributed by atoms with Gasteiger partial charge in [0.2, 0.25) is 0 Å². The molecule has 2 aliphatic rings. The highest BCUT2D eigenvalue weighted by Crippen LogP contribution is 2.31. The molecule has 0 amide bonds. The summed E-state index contributed by atoms with van der Waals surface area (Å²) in [5, 5.41) is 3.17. The van der Waals surface area contributed by atoms with Gasteiger partial charge < -0.3 is 14.8 Å². The Morgan fingerprint density at radius 3 is 3.11 bits per heavy atom. The van der Waals surface area contributed by atoms with Gasteiger partial charge in [-0.05, 0) is 48.6 Å². The molecule has 0 fully saturated rings. The summed E-state index contributed by atoms with van der Waals surface area (Å²) >= 11 is 0. The summed E-state index contributed by atoms with van der Waals surface area (Å²) < 4.78 is 11.2. The van der Waals surface area contributed by atoms with Crippen LogP contribution in [0.3, 0.4) is 0 Å². The Morgan fingerprint density at radius 2 is 2.22 bits per heavy atom. The summed E-state index contributed by atoms with van der Waals surface area (Å²) in [4.78, 5) is 0. The van der Waals surface area contributed by atoms with Crippen LogP contribution >= 0.6 is 0 Å². The average Bonchev–Trinajstić information content (AvgIpc) is 2.88. The van der Waals surface area contributed by atoms with Gasteiger partial charge >= 0.3 is 0 Å². The Kier molecular flexibility index (Phi) is 3.07. The number of ether oxygens (including phenoxy) is 2. The maximum absolute atomic E-state index is 5.95. The molecule has 3 rings (SSSR count). The molecule has 1 atom stereocenters. The summed E-state index contributed by atoms with van der Waals surface area (Å²) in [6.45, 7) is 0. The van der Waals surface area contributed by atoms with Crippen molar-refractivity contribution in [3.8, 4) is 5.75 Å². The second-order valence-corrected chi connectivity index (χ2v) is 4.57. The maximum atomic E-state index is 5.95. The molecule has 3 heteroatoms. The lowest BCUT2D eigenvalue weighted by Crippen LogP contribution is -2.32. The fraction of sp³-hybridized carbons (Fsp3) is 0.333. The average molecular weight is 243 g/mol. The van der Waals surface area contributed by atoms with Crippen molar-refractivity contribution < 1.29 is 9.47 Å². The minimum Gasteiger partial charge on any atom is -0.441 e. The van der Waals surface area contributed by atoms with Gasteiger partial charge in [-0.3, -0.25) is 0 Å². The van der Waals surface area contributed by atoms with Crippen molar-refractivity contribution in [2.45, 2.75) is 25.5 Å². The monoisotopic (exact) mass is 243 g/mol. The van der Waals surface area contributed by atoms with E-state index in [1.165, 1.54) is 24.0 Å². The lowest BCUT2D eigenvalue weighted by atomic mass is 10.1. The molecule has 0 bridgehead atoms. The van der Waals surface area contributed by atoms with Crippen LogP contribution in [0.5, 0.6) is 5.75 Å². The third kappa shape index (κ3) is 2.14. The molecule has 1 N–H and O–H groups in total. The largest absolute Gasteiger partial charge is 0.441 e. The van der Waals surface area contributed by atoms with Crippen LogP contribution in [0.4, 0.5) is 0 Å². The highest BCUT2D eigenvalue weighted by atomic mass is 16.5. The highest BCUT2D eigenvalue weighted by Gasteiger charge is 2.17. The Balaban J connectivity index is 1.80. The maximum Gasteiger partial charge on any atom is 0.195 e. The summed E-state index contributed by atoms with van der Waals surface area (Å²) in [6, 6.07) is 6.29. The SMILES string of the molecule is COC1C=CC=C(Oc2cccc3c2CCC3)N1. The smallest absolute Gasteiger partial charge is 0.195 e. The van der Waals surface area contributed by atoms with Gasteiger partial charge in [-0.1, -0.05) is 18.2 Å². The number of dihydropyridines is 1. The second-order valence-electron chi connectivity index (χ2n) is 4.57. The number of methoxy groups -OCH3 is 1. The number of fused-ring (bicyclic) bond motifs is 1. The molecule has 1 aromatic rings. The predicted octanol–water partition coefficient (Wildman–Crippen LogP) is 2.53. The molecule has 1 heterocycles. The third-order valence-electron chi connectivity index (χ3n) is 3.39. The highest BCUT2D eigenvalue weighted by molar-refractivity contribution is 5.44. The van der Waals surface area contributed by atoms with Gasteiger partial charge in [0.05, 0.1) is 0 Å². The molecular weight excluding hydrogens is 226 g/mol. The normalized spacial score (nSPS) is 21.2. The minimum atomic E-state index is -0.109. The van der Waals surface area contributed by atoms with Crippen molar-refractivity contribution in [3.63, 3.8) is 0 Å². The predicted molar refractivity (Wildman–Crippen MR) is 70.3 cm³/mol. The van der Waals surface area contributed by atoms with E-state index in [1.807, 2.05) is 24.3 Å². The number of hydrogen-bond donors (Lipinski definition) is 1. The van der Waals surface area contributed by atoms with Gasteiger partial charge in [0.25, 0.3) is 0 Å². The summed E-state index contributed by atoms with van der Waals surface area (Å²) in [5.74, 6) is 1.71. The zero-order valence-corrected chi connectivity index (χ0v) is 10.5. The van der Waals surface area contributed by atoms with Gasteiger partial charge in [-0.15, -0.1) is 0 Å². The fourth-order valence-corrected chi connectivity index (χ4v) is 2.48. The quantitative estimate of drug-likeness (QED) is 0.885. The third-order valence-corrected chi connectivity index (χ3v) is 3.39. The zero-order chi connectivity index (χ0) is 12.4. The van der Waals surface area contributed by atoms with Gasteiger partial charge in [-0.25, -0.2) is 0 Å².